The SMILES string of the molecule is O=C(CCS(=O)(=O)c1ccc2c(c1)CCC2)Nc1ccc(CCN2CCOCC2)cc1. The molecule has 6 nitrogen and oxygen atoms in total. The topological polar surface area (TPSA) is 75.7 Å². The smallest absolute Gasteiger partial charge is 0.225 e. The zero-order chi connectivity index (χ0) is 21.7. The maximum atomic E-state index is 12.6. The van der Waals surface area contributed by atoms with E-state index in [9.17, 15) is 13.2 Å². The van der Waals surface area contributed by atoms with E-state index in [2.05, 4.69) is 10.2 Å². The summed E-state index contributed by atoms with van der Waals surface area (Å²) < 4.78 is 30.7. The van der Waals surface area contributed by atoms with Gasteiger partial charge in [0.25, 0.3) is 0 Å². The number of carbonyl (C=O) groups excluding carboxylic acids is 1. The lowest BCUT2D eigenvalue weighted by Gasteiger charge is -2.26. The Bertz CT molecular complexity index is 1010. The number of amides is 1. The van der Waals surface area contributed by atoms with Crippen LogP contribution in [0.3, 0.4) is 0 Å². The van der Waals surface area contributed by atoms with Crippen molar-refractivity contribution < 1.29 is 17.9 Å². The van der Waals surface area contributed by atoms with Crippen molar-refractivity contribution in [3.63, 3.8) is 0 Å². The summed E-state index contributed by atoms with van der Waals surface area (Å²) >= 11 is 0. The Kier molecular flexibility index (Phi) is 7.05. The molecule has 0 radical (unpaired) electrons. The second kappa shape index (κ2) is 9.94. The molecule has 0 atom stereocenters. The van der Waals surface area contributed by atoms with Crippen molar-refractivity contribution in [2.45, 2.75) is 37.0 Å². The highest BCUT2D eigenvalue weighted by Crippen LogP contribution is 2.25. The normalized spacial score (nSPS) is 16.8. The summed E-state index contributed by atoms with van der Waals surface area (Å²) in [6.07, 6.45) is 3.92. The molecule has 2 aromatic rings. The number of carbonyl (C=O) groups is 1. The van der Waals surface area contributed by atoms with E-state index < -0.39 is 9.84 Å². The molecule has 0 aromatic heterocycles. The summed E-state index contributed by atoms with van der Waals surface area (Å²) in [6, 6.07) is 13.1. The number of aryl methyl sites for hydroxylation is 2. The first-order valence-corrected chi connectivity index (χ1v) is 12.7. The van der Waals surface area contributed by atoms with Crippen LogP contribution in [0.15, 0.2) is 47.4 Å². The molecule has 1 heterocycles. The van der Waals surface area contributed by atoms with Crippen LogP contribution in [0.5, 0.6) is 0 Å². The van der Waals surface area contributed by atoms with Crippen LogP contribution in [0.1, 0.15) is 29.5 Å². The minimum absolute atomic E-state index is 0.0573. The average molecular weight is 443 g/mol. The lowest BCUT2D eigenvalue weighted by atomic mass is 10.1. The summed E-state index contributed by atoms with van der Waals surface area (Å²) in [5.74, 6) is -0.472. The highest BCUT2D eigenvalue weighted by atomic mass is 32.2. The van der Waals surface area contributed by atoms with E-state index in [1.807, 2.05) is 30.3 Å². The van der Waals surface area contributed by atoms with Gasteiger partial charge in [-0.1, -0.05) is 18.2 Å². The van der Waals surface area contributed by atoms with Crippen LogP contribution < -0.4 is 5.32 Å². The third-order valence-electron chi connectivity index (χ3n) is 6.09. The van der Waals surface area contributed by atoms with Crippen molar-refractivity contribution in [1.29, 1.82) is 0 Å². The lowest BCUT2D eigenvalue weighted by Crippen LogP contribution is -2.37. The maximum Gasteiger partial charge on any atom is 0.225 e. The van der Waals surface area contributed by atoms with Gasteiger partial charge in [0.15, 0.2) is 9.84 Å². The van der Waals surface area contributed by atoms with Gasteiger partial charge in [0, 0.05) is 31.7 Å². The molecular formula is C24H30N2O4S. The number of morpholine rings is 1. The van der Waals surface area contributed by atoms with E-state index in [0.717, 1.165) is 64.1 Å². The number of hydrogen-bond donors (Lipinski definition) is 1. The predicted octanol–water partition coefficient (Wildman–Crippen LogP) is 2.85. The number of rotatable bonds is 8. The highest BCUT2D eigenvalue weighted by Gasteiger charge is 2.20. The van der Waals surface area contributed by atoms with E-state index in [1.165, 1.54) is 11.1 Å². The molecule has 0 unspecified atom stereocenters. The summed E-state index contributed by atoms with van der Waals surface area (Å²) in [4.78, 5) is 15.0. The molecule has 1 aliphatic heterocycles. The zero-order valence-corrected chi connectivity index (χ0v) is 18.6. The molecule has 31 heavy (non-hydrogen) atoms. The second-order valence-electron chi connectivity index (χ2n) is 8.30. The summed E-state index contributed by atoms with van der Waals surface area (Å²) in [5, 5.41) is 2.81. The predicted molar refractivity (Wildman–Crippen MR) is 121 cm³/mol. The number of anilines is 1. The van der Waals surface area contributed by atoms with Crippen molar-refractivity contribution in [3.8, 4) is 0 Å². The Hall–Kier alpha value is -2.22. The molecule has 1 fully saturated rings. The molecule has 7 heteroatoms. The number of sulfone groups is 1. The number of ether oxygens (including phenoxy) is 1. The Labute approximate surface area is 184 Å². The van der Waals surface area contributed by atoms with Crippen molar-refractivity contribution in [1.82, 2.24) is 4.90 Å². The van der Waals surface area contributed by atoms with Crippen LogP contribution in [0, 0.1) is 0 Å². The first kappa shape index (κ1) is 22.0. The fourth-order valence-corrected chi connectivity index (χ4v) is 5.46. The number of nitrogens with one attached hydrogen (secondary N) is 1. The van der Waals surface area contributed by atoms with Crippen LogP contribution in [-0.4, -0.2) is 57.8 Å². The van der Waals surface area contributed by atoms with Gasteiger partial charge >= 0.3 is 0 Å². The minimum atomic E-state index is -3.47. The molecule has 166 valence electrons. The third kappa shape index (κ3) is 5.93. The molecule has 2 aliphatic rings. The lowest BCUT2D eigenvalue weighted by molar-refractivity contribution is -0.115. The molecule has 0 bridgehead atoms. The van der Waals surface area contributed by atoms with Gasteiger partial charge in [-0.15, -0.1) is 0 Å². The fourth-order valence-electron chi connectivity index (χ4n) is 4.18. The van der Waals surface area contributed by atoms with Crippen LogP contribution in [0.2, 0.25) is 0 Å². The molecule has 1 saturated heterocycles. The van der Waals surface area contributed by atoms with Gasteiger partial charge in [-0.05, 0) is 66.6 Å². The van der Waals surface area contributed by atoms with Gasteiger partial charge < -0.3 is 10.1 Å². The summed E-state index contributed by atoms with van der Waals surface area (Å²) in [5.41, 5.74) is 4.27. The molecule has 0 spiro atoms. The fraction of sp³-hybridized carbons (Fsp3) is 0.458. The van der Waals surface area contributed by atoms with Gasteiger partial charge in [0.05, 0.1) is 23.9 Å². The first-order chi connectivity index (χ1) is 15.0. The third-order valence-corrected chi connectivity index (χ3v) is 7.80. The molecule has 0 saturated carbocycles. The van der Waals surface area contributed by atoms with Crippen LogP contribution in [0.4, 0.5) is 5.69 Å². The molecule has 4 rings (SSSR count). The van der Waals surface area contributed by atoms with Crippen molar-refractivity contribution in [3.05, 3.63) is 59.2 Å². The van der Waals surface area contributed by atoms with Crippen LogP contribution in [0.25, 0.3) is 0 Å². The van der Waals surface area contributed by atoms with Crippen molar-refractivity contribution in [2.75, 3.05) is 43.9 Å². The van der Waals surface area contributed by atoms with E-state index >= 15 is 0 Å². The Morgan fingerprint density at radius 2 is 1.74 bits per heavy atom. The maximum absolute atomic E-state index is 12.6. The van der Waals surface area contributed by atoms with Crippen LogP contribution in [-0.2, 0) is 38.6 Å². The van der Waals surface area contributed by atoms with Gasteiger partial charge in [-0.3, -0.25) is 9.69 Å². The van der Waals surface area contributed by atoms with E-state index in [-0.39, 0.29) is 18.1 Å². The second-order valence-corrected chi connectivity index (χ2v) is 10.4. The highest BCUT2D eigenvalue weighted by molar-refractivity contribution is 7.91. The van der Waals surface area contributed by atoms with Crippen molar-refractivity contribution in [2.24, 2.45) is 0 Å². The largest absolute Gasteiger partial charge is 0.379 e. The van der Waals surface area contributed by atoms with Crippen molar-refractivity contribution >= 4 is 21.4 Å². The average Bonchev–Trinajstić information content (AvgIpc) is 3.26. The molecule has 1 aliphatic carbocycles. The van der Waals surface area contributed by atoms with Crippen LogP contribution >= 0.6 is 0 Å². The molecule has 1 N–H and O–H groups in total. The van der Waals surface area contributed by atoms with E-state index in [0.29, 0.717) is 10.6 Å². The summed E-state index contributed by atoms with van der Waals surface area (Å²) in [6.45, 7) is 4.54. The quantitative estimate of drug-likeness (QED) is 0.680. The minimum Gasteiger partial charge on any atom is -0.379 e. The van der Waals surface area contributed by atoms with E-state index in [1.54, 1.807) is 12.1 Å². The molecule has 1 amide bonds. The Morgan fingerprint density at radius 1 is 1.00 bits per heavy atom. The summed E-state index contributed by atoms with van der Waals surface area (Å²) in [7, 11) is -3.47. The molecule has 2 aromatic carbocycles. The van der Waals surface area contributed by atoms with E-state index in [4.69, 9.17) is 4.74 Å². The Balaban J connectivity index is 1.25. The number of nitrogens with zero attached hydrogens (tertiary/aromatic N) is 1. The standard InChI is InChI=1S/C24H30N2O4S/c27-24(11-17-31(28,29)23-9-6-20-2-1-3-21(20)18-23)25-22-7-4-19(5-8-22)10-12-26-13-15-30-16-14-26/h4-9,18H,1-3,10-17H2,(H,25,27). The Morgan fingerprint density at radius 3 is 2.52 bits per heavy atom. The number of hydrogen-bond acceptors (Lipinski definition) is 5. The van der Waals surface area contributed by atoms with Gasteiger partial charge in [0.1, 0.15) is 0 Å². The van der Waals surface area contributed by atoms with Gasteiger partial charge in [0.2, 0.25) is 5.91 Å². The first-order valence-electron chi connectivity index (χ1n) is 11.0. The zero-order valence-electron chi connectivity index (χ0n) is 17.8. The monoisotopic (exact) mass is 442 g/mol. The van der Waals surface area contributed by atoms with Gasteiger partial charge in [-0.2, -0.15) is 0 Å². The number of fused-ring (bicyclic) bond motifs is 1. The number of benzene rings is 2. The van der Waals surface area contributed by atoms with Gasteiger partial charge in [-0.25, -0.2) is 8.42 Å². The molecular weight excluding hydrogens is 412 g/mol.